The molecule has 0 atom stereocenters. The first-order valence-corrected chi connectivity index (χ1v) is 11.0. The molecular formula is C26H29NO4. The highest BCUT2D eigenvalue weighted by Crippen LogP contribution is 2.23. The van der Waals surface area contributed by atoms with Crippen molar-refractivity contribution >= 4 is 16.8 Å². The first kappa shape index (κ1) is 21.3. The average Bonchev–Trinajstić information content (AvgIpc) is 2.81. The summed E-state index contributed by atoms with van der Waals surface area (Å²) in [5, 5.41) is 0.562. The third kappa shape index (κ3) is 4.88. The topological polar surface area (TPSA) is 59.8 Å². The van der Waals surface area contributed by atoms with Crippen LogP contribution in [0, 0.1) is 12.8 Å². The summed E-state index contributed by atoms with van der Waals surface area (Å²) in [6.07, 6.45) is 4.94. The molecule has 3 aromatic rings. The van der Waals surface area contributed by atoms with E-state index in [0.29, 0.717) is 28.7 Å². The zero-order valence-electron chi connectivity index (χ0n) is 18.2. The number of methoxy groups -OCH3 is 1. The molecule has 1 aromatic heterocycles. The van der Waals surface area contributed by atoms with Crippen LogP contribution in [0.5, 0.6) is 5.75 Å². The predicted molar refractivity (Wildman–Crippen MR) is 122 cm³/mol. The number of benzene rings is 2. The molecule has 2 heterocycles. The van der Waals surface area contributed by atoms with Gasteiger partial charge in [0.25, 0.3) is 0 Å². The lowest BCUT2D eigenvalue weighted by atomic mass is 9.88. The molecule has 1 aliphatic rings. The molecule has 0 aliphatic carbocycles. The van der Waals surface area contributed by atoms with Crippen molar-refractivity contribution < 1.29 is 13.9 Å². The van der Waals surface area contributed by atoms with Crippen molar-refractivity contribution in [1.29, 1.82) is 0 Å². The van der Waals surface area contributed by atoms with Gasteiger partial charge < -0.3 is 14.1 Å². The summed E-state index contributed by atoms with van der Waals surface area (Å²) in [7, 11) is 1.59. The Morgan fingerprint density at radius 3 is 2.58 bits per heavy atom. The van der Waals surface area contributed by atoms with E-state index in [0.717, 1.165) is 44.5 Å². The molecule has 0 N–H and O–H groups in total. The Bertz CT molecular complexity index is 1110. The van der Waals surface area contributed by atoms with Crippen molar-refractivity contribution in [2.24, 2.45) is 5.92 Å². The second kappa shape index (κ2) is 9.48. The minimum absolute atomic E-state index is 0.0163. The van der Waals surface area contributed by atoms with Gasteiger partial charge in [-0.25, -0.2) is 0 Å². The zero-order valence-corrected chi connectivity index (χ0v) is 18.2. The molecule has 0 saturated carbocycles. The number of Topliss-reactive ketones (excluding diaryl/α,β-unsaturated/α-hetero) is 1. The van der Waals surface area contributed by atoms with Gasteiger partial charge in [0.15, 0.2) is 11.2 Å². The fourth-order valence-electron chi connectivity index (χ4n) is 4.32. The second-order valence-corrected chi connectivity index (χ2v) is 8.40. The maximum atomic E-state index is 12.8. The molecule has 162 valence electrons. The number of hydrogen-bond donors (Lipinski definition) is 0. The number of piperidine rings is 1. The summed E-state index contributed by atoms with van der Waals surface area (Å²) in [5.41, 5.74) is 3.29. The van der Waals surface area contributed by atoms with E-state index in [-0.39, 0.29) is 17.1 Å². The highest BCUT2D eigenvalue weighted by molar-refractivity contribution is 5.97. The quantitative estimate of drug-likeness (QED) is 0.522. The summed E-state index contributed by atoms with van der Waals surface area (Å²) in [6.45, 7) is 4.80. The fraction of sp³-hybridized carbons (Fsp3) is 0.385. The van der Waals surface area contributed by atoms with Crippen molar-refractivity contribution in [3.8, 4) is 5.75 Å². The van der Waals surface area contributed by atoms with Gasteiger partial charge in [0.1, 0.15) is 11.3 Å². The standard InChI is InChI=1S/C26H29NO4/c1-18-5-7-19(8-6-18)25(28)20-11-14-27(15-12-20)13-3-4-21-17-31-24-10-9-22(30-2)16-23(24)26(21)29/h5-10,16-17,20H,3-4,11-15H2,1-2H3. The molecule has 4 rings (SSSR count). The van der Waals surface area contributed by atoms with E-state index in [1.807, 2.05) is 31.2 Å². The van der Waals surface area contributed by atoms with Crippen LogP contribution in [0.15, 0.2) is 57.9 Å². The first-order valence-electron chi connectivity index (χ1n) is 11.0. The van der Waals surface area contributed by atoms with Crippen molar-refractivity contribution in [2.45, 2.75) is 32.6 Å². The van der Waals surface area contributed by atoms with Gasteiger partial charge in [0, 0.05) is 17.0 Å². The molecule has 0 bridgehead atoms. The Morgan fingerprint density at radius 2 is 1.87 bits per heavy atom. The van der Waals surface area contributed by atoms with Gasteiger partial charge in [-0.3, -0.25) is 9.59 Å². The Morgan fingerprint density at radius 1 is 1.13 bits per heavy atom. The third-order valence-corrected chi connectivity index (χ3v) is 6.27. The largest absolute Gasteiger partial charge is 0.497 e. The number of likely N-dealkylation sites (tertiary alicyclic amines) is 1. The lowest BCUT2D eigenvalue weighted by Gasteiger charge is -2.31. The molecule has 5 nitrogen and oxygen atoms in total. The van der Waals surface area contributed by atoms with Crippen LogP contribution in [-0.2, 0) is 6.42 Å². The molecule has 1 saturated heterocycles. The van der Waals surface area contributed by atoms with E-state index in [2.05, 4.69) is 4.90 Å². The lowest BCUT2D eigenvalue weighted by molar-refractivity contribution is 0.0839. The molecule has 0 amide bonds. The van der Waals surface area contributed by atoms with Gasteiger partial charge in [-0.1, -0.05) is 29.8 Å². The molecular weight excluding hydrogens is 390 g/mol. The van der Waals surface area contributed by atoms with E-state index < -0.39 is 0 Å². The summed E-state index contributed by atoms with van der Waals surface area (Å²) in [5.74, 6) is 1.03. The van der Waals surface area contributed by atoms with Gasteiger partial charge >= 0.3 is 0 Å². The van der Waals surface area contributed by atoms with Crippen molar-refractivity contribution in [2.75, 3.05) is 26.7 Å². The monoisotopic (exact) mass is 419 g/mol. The molecule has 31 heavy (non-hydrogen) atoms. The number of carbonyl (C=O) groups excluding carboxylic acids is 1. The highest BCUT2D eigenvalue weighted by atomic mass is 16.5. The van der Waals surface area contributed by atoms with Crippen molar-refractivity contribution in [3.05, 3.63) is 75.6 Å². The van der Waals surface area contributed by atoms with E-state index in [4.69, 9.17) is 9.15 Å². The maximum Gasteiger partial charge on any atom is 0.195 e. The number of carbonyl (C=O) groups is 1. The number of ether oxygens (including phenoxy) is 1. The van der Waals surface area contributed by atoms with Crippen LogP contribution in [0.25, 0.3) is 11.0 Å². The Kier molecular flexibility index (Phi) is 6.52. The van der Waals surface area contributed by atoms with Crippen LogP contribution >= 0.6 is 0 Å². The first-order chi connectivity index (χ1) is 15.0. The Balaban J connectivity index is 1.29. The molecule has 0 spiro atoms. The smallest absolute Gasteiger partial charge is 0.195 e. The van der Waals surface area contributed by atoms with E-state index >= 15 is 0 Å². The van der Waals surface area contributed by atoms with E-state index in [1.165, 1.54) is 5.56 Å². The summed E-state index contributed by atoms with van der Waals surface area (Å²) in [4.78, 5) is 27.9. The van der Waals surface area contributed by atoms with E-state index in [1.54, 1.807) is 31.6 Å². The molecule has 0 unspecified atom stereocenters. The summed E-state index contributed by atoms with van der Waals surface area (Å²) in [6, 6.07) is 13.2. The molecule has 1 aliphatic heterocycles. The fourth-order valence-corrected chi connectivity index (χ4v) is 4.32. The number of ketones is 1. The average molecular weight is 420 g/mol. The third-order valence-electron chi connectivity index (χ3n) is 6.27. The van der Waals surface area contributed by atoms with Crippen LogP contribution in [0.4, 0.5) is 0 Å². The van der Waals surface area contributed by atoms with Gasteiger partial charge in [-0.15, -0.1) is 0 Å². The SMILES string of the molecule is COc1ccc2occ(CCCN3CCC(C(=O)c4ccc(C)cc4)CC3)c(=O)c2c1. The normalized spacial score (nSPS) is 15.3. The Labute approximate surface area is 182 Å². The number of hydrogen-bond acceptors (Lipinski definition) is 5. The molecule has 2 aromatic carbocycles. The number of nitrogens with zero attached hydrogens (tertiary/aromatic N) is 1. The molecule has 0 radical (unpaired) electrons. The van der Waals surface area contributed by atoms with Crippen LogP contribution in [0.1, 0.15) is 40.7 Å². The number of rotatable bonds is 7. The van der Waals surface area contributed by atoms with Crippen molar-refractivity contribution in [1.82, 2.24) is 4.90 Å². The Hall–Kier alpha value is -2.92. The summed E-state index contributed by atoms with van der Waals surface area (Å²) < 4.78 is 10.9. The van der Waals surface area contributed by atoms with Gasteiger partial charge in [0.2, 0.25) is 0 Å². The van der Waals surface area contributed by atoms with E-state index in [9.17, 15) is 9.59 Å². The second-order valence-electron chi connectivity index (χ2n) is 8.40. The molecule has 5 heteroatoms. The zero-order chi connectivity index (χ0) is 21.8. The van der Waals surface area contributed by atoms with Crippen LogP contribution in [0.3, 0.4) is 0 Å². The minimum Gasteiger partial charge on any atom is -0.497 e. The lowest BCUT2D eigenvalue weighted by Crippen LogP contribution is -2.37. The van der Waals surface area contributed by atoms with Crippen LogP contribution in [-0.4, -0.2) is 37.4 Å². The van der Waals surface area contributed by atoms with Crippen LogP contribution in [0.2, 0.25) is 0 Å². The van der Waals surface area contributed by atoms with Gasteiger partial charge in [0.05, 0.1) is 18.8 Å². The van der Waals surface area contributed by atoms with Gasteiger partial charge in [-0.05, 0) is 70.4 Å². The highest BCUT2D eigenvalue weighted by Gasteiger charge is 2.25. The number of aryl methyl sites for hydroxylation is 2. The predicted octanol–water partition coefficient (Wildman–Crippen LogP) is 4.64. The van der Waals surface area contributed by atoms with Gasteiger partial charge in [-0.2, -0.15) is 0 Å². The summed E-state index contributed by atoms with van der Waals surface area (Å²) >= 11 is 0. The maximum absolute atomic E-state index is 12.8. The van der Waals surface area contributed by atoms with Crippen LogP contribution < -0.4 is 10.2 Å². The van der Waals surface area contributed by atoms with Crippen molar-refractivity contribution in [3.63, 3.8) is 0 Å². The minimum atomic E-state index is 0.0163. The molecule has 1 fully saturated rings. The number of fused-ring (bicyclic) bond motifs is 1.